The van der Waals surface area contributed by atoms with Crippen LogP contribution in [0.4, 0.5) is 17.1 Å². The highest BCUT2D eigenvalue weighted by molar-refractivity contribution is 7.99. The van der Waals surface area contributed by atoms with Gasteiger partial charge in [0.25, 0.3) is 5.91 Å². The van der Waals surface area contributed by atoms with Crippen molar-refractivity contribution in [2.24, 2.45) is 0 Å². The van der Waals surface area contributed by atoms with E-state index in [1.807, 2.05) is 165 Å². The first kappa shape index (κ1) is 52.2. The highest BCUT2D eigenvalue weighted by Gasteiger charge is 2.15. The van der Waals surface area contributed by atoms with Crippen LogP contribution in [0.1, 0.15) is 81.5 Å². The Kier molecular flexibility index (Phi) is 21.7. The van der Waals surface area contributed by atoms with Gasteiger partial charge in [0.15, 0.2) is 0 Å². The molecule has 0 saturated carbocycles. The molecule has 4 aromatic carbocycles. The number of benzene rings is 4. The number of aromatic nitrogens is 5. The largest absolute Gasteiger partial charge is 0.492 e. The molecule has 0 atom stereocenters. The predicted octanol–water partition coefficient (Wildman–Crippen LogP) is 13.6. The highest BCUT2D eigenvalue weighted by atomic mass is 35.5. The van der Waals surface area contributed by atoms with Gasteiger partial charge in [-0.1, -0.05) is 89.2 Å². The molecule has 0 aliphatic heterocycles. The number of nitrogens with zero attached hydrogens (tertiary/aromatic N) is 5. The second kappa shape index (κ2) is 27.8. The summed E-state index contributed by atoms with van der Waals surface area (Å²) in [6.07, 6.45) is 8.93. The lowest BCUT2D eigenvalue weighted by Crippen LogP contribution is -2.18. The summed E-state index contributed by atoms with van der Waals surface area (Å²) in [7, 11) is 3.46. The van der Waals surface area contributed by atoms with Crippen LogP contribution in [0.15, 0.2) is 138 Å². The number of H-pyrrole nitrogens is 1. The van der Waals surface area contributed by atoms with Crippen LogP contribution in [0.2, 0.25) is 5.02 Å². The average Bonchev–Trinajstić information content (AvgIpc) is 3.80. The summed E-state index contributed by atoms with van der Waals surface area (Å²) in [5.41, 5.74) is 7.46. The number of hydrogen-bond donors (Lipinski definition) is 4. The standard InChI is InChI=1S/C25H22ClN5O2.C22H18N4OS.3C2H6/c1-3-32-24-12-21-19(11-22(24)28-2)25(16(13-27)14-30-21)31-17-7-8-23(20(26)10-17)33-15-18-6-4-5-9-29-18;1-23-22(27)18-7-2-3-8-21(18)28-16-10-11-17-19(25-26-20(17)14-16)12-9-15-6-4-5-13-24-15;3*1-2/h4-12,14,28H,3,15H2,1-2H3,(H,30,31);2-14H,1H3,(H,23,27)(H,25,26);3*1-2H3/b;12-9+;;;. The molecule has 67 heavy (non-hydrogen) atoms. The van der Waals surface area contributed by atoms with Crippen LogP contribution in [0.25, 0.3) is 34.0 Å². The van der Waals surface area contributed by atoms with Crippen LogP contribution in [0, 0.1) is 11.3 Å². The molecule has 14 heteroatoms. The molecule has 0 spiro atoms. The summed E-state index contributed by atoms with van der Waals surface area (Å²) >= 11 is 8.02. The number of halogens is 1. The van der Waals surface area contributed by atoms with Gasteiger partial charge < -0.3 is 25.4 Å². The summed E-state index contributed by atoms with van der Waals surface area (Å²) in [5.74, 6) is 1.16. The summed E-state index contributed by atoms with van der Waals surface area (Å²) < 4.78 is 11.5. The maximum Gasteiger partial charge on any atom is 0.252 e. The van der Waals surface area contributed by atoms with Crippen molar-refractivity contribution in [3.63, 3.8) is 0 Å². The third kappa shape index (κ3) is 14.3. The van der Waals surface area contributed by atoms with Crippen LogP contribution in [0.5, 0.6) is 11.5 Å². The van der Waals surface area contributed by atoms with E-state index in [1.54, 1.807) is 49.5 Å². The van der Waals surface area contributed by atoms with Crippen LogP contribution >= 0.6 is 23.4 Å². The molecule has 8 aromatic rings. The SMILES string of the molecule is CC.CC.CC.CCOc1cc2ncc(C#N)c(Nc3ccc(OCc4ccccn4)c(Cl)c3)c2cc1NC.CNC(=O)c1ccccc1Sc1ccc2c(/C=C/c3ccccn3)n[nH]c2c1. The number of aromatic amines is 1. The fourth-order valence-corrected chi connectivity index (χ4v) is 7.46. The number of carbonyl (C=O) groups is 1. The van der Waals surface area contributed by atoms with Gasteiger partial charge in [-0.25, -0.2) is 0 Å². The van der Waals surface area contributed by atoms with Crippen LogP contribution in [-0.4, -0.2) is 51.8 Å². The Morgan fingerprint density at radius 3 is 2.22 bits per heavy atom. The van der Waals surface area contributed by atoms with E-state index >= 15 is 0 Å². The smallest absolute Gasteiger partial charge is 0.252 e. The second-order valence-corrected chi connectivity index (χ2v) is 14.7. The van der Waals surface area contributed by atoms with E-state index in [1.165, 1.54) is 0 Å². The fraction of sp³-hybridized carbons (Fsp3) is 0.208. The van der Waals surface area contributed by atoms with E-state index in [0.717, 1.165) is 48.8 Å². The summed E-state index contributed by atoms with van der Waals surface area (Å²) in [4.78, 5) is 27.0. The Morgan fingerprint density at radius 2 is 1.55 bits per heavy atom. The molecule has 0 saturated heterocycles. The van der Waals surface area contributed by atoms with Gasteiger partial charge in [-0.15, -0.1) is 0 Å². The molecule has 1 amide bonds. The first-order chi connectivity index (χ1) is 32.9. The van der Waals surface area contributed by atoms with Crippen molar-refractivity contribution in [1.82, 2.24) is 30.5 Å². The van der Waals surface area contributed by atoms with Crippen LogP contribution < -0.4 is 25.4 Å². The van der Waals surface area contributed by atoms with Gasteiger partial charge in [-0.3, -0.25) is 24.8 Å². The van der Waals surface area contributed by atoms with E-state index in [4.69, 9.17) is 21.1 Å². The maximum atomic E-state index is 12.1. The number of hydrogen-bond acceptors (Lipinski definition) is 11. The Hall–Kier alpha value is -7.40. The number of carbonyl (C=O) groups excluding carboxylic acids is 1. The summed E-state index contributed by atoms with van der Waals surface area (Å²) in [5, 5.41) is 28.6. The molecule has 0 fully saturated rings. The van der Waals surface area contributed by atoms with E-state index in [9.17, 15) is 10.1 Å². The Morgan fingerprint density at radius 1 is 0.806 bits per heavy atom. The molecule has 0 aliphatic carbocycles. The Bertz CT molecular complexity index is 2870. The van der Waals surface area contributed by atoms with Crippen molar-refractivity contribution in [3.05, 3.63) is 161 Å². The molecule has 8 rings (SSSR count). The lowest BCUT2D eigenvalue weighted by Gasteiger charge is -2.16. The summed E-state index contributed by atoms with van der Waals surface area (Å²) in [6, 6.07) is 36.5. The molecule has 0 radical (unpaired) electrons. The number of nitriles is 1. The first-order valence-electron chi connectivity index (χ1n) is 22.2. The van der Waals surface area contributed by atoms with Gasteiger partial charge in [-0.2, -0.15) is 10.4 Å². The van der Waals surface area contributed by atoms with Crippen molar-refractivity contribution < 1.29 is 14.3 Å². The van der Waals surface area contributed by atoms with Gasteiger partial charge in [0, 0.05) is 65.0 Å². The van der Waals surface area contributed by atoms with E-state index in [0.29, 0.717) is 57.8 Å². The van der Waals surface area contributed by atoms with E-state index < -0.39 is 0 Å². The highest BCUT2D eigenvalue weighted by Crippen LogP contribution is 2.38. The molecule has 4 N–H and O–H groups in total. The van der Waals surface area contributed by atoms with Crippen LogP contribution in [0.3, 0.4) is 0 Å². The normalized spacial score (nSPS) is 10.1. The Labute approximate surface area is 403 Å². The molecule has 0 aliphatic rings. The van der Waals surface area contributed by atoms with Crippen molar-refractivity contribution >= 4 is 80.3 Å². The zero-order chi connectivity index (χ0) is 48.6. The average molecular weight is 937 g/mol. The number of fused-ring (bicyclic) bond motifs is 2. The van der Waals surface area contributed by atoms with Gasteiger partial charge >= 0.3 is 0 Å². The minimum atomic E-state index is -0.0901. The van der Waals surface area contributed by atoms with E-state index in [2.05, 4.69) is 47.2 Å². The molecular weight excluding hydrogens is 878 g/mol. The van der Waals surface area contributed by atoms with Gasteiger partial charge in [0.1, 0.15) is 24.2 Å². The van der Waals surface area contributed by atoms with Gasteiger partial charge in [0.05, 0.1) is 62.2 Å². The summed E-state index contributed by atoms with van der Waals surface area (Å²) in [6.45, 7) is 14.8. The molecule has 0 unspecified atom stereocenters. The fourth-order valence-electron chi connectivity index (χ4n) is 6.24. The molecule has 12 nitrogen and oxygen atoms in total. The topological polar surface area (TPSA) is 163 Å². The second-order valence-electron chi connectivity index (χ2n) is 13.2. The molecule has 346 valence electrons. The number of pyridine rings is 3. The van der Waals surface area contributed by atoms with Crippen molar-refractivity contribution in [3.8, 4) is 17.6 Å². The lowest BCUT2D eigenvalue weighted by molar-refractivity contribution is 0.0960. The van der Waals surface area contributed by atoms with E-state index in [-0.39, 0.29) is 5.91 Å². The molecule has 4 heterocycles. The number of nitrogens with one attached hydrogen (secondary N) is 4. The van der Waals surface area contributed by atoms with Gasteiger partial charge in [0.2, 0.25) is 0 Å². The lowest BCUT2D eigenvalue weighted by atomic mass is 10.1. The third-order valence-corrected chi connectivity index (χ3v) is 10.6. The quantitative estimate of drug-likeness (QED) is 0.0870. The minimum absolute atomic E-state index is 0.0901. The predicted molar refractivity (Wildman–Crippen MR) is 278 cm³/mol. The zero-order valence-electron chi connectivity index (χ0n) is 39.4. The molecular formula is C53H58ClN9O3S. The van der Waals surface area contributed by atoms with Gasteiger partial charge in [-0.05, 0) is 97.9 Å². The zero-order valence-corrected chi connectivity index (χ0v) is 41.0. The monoisotopic (exact) mass is 935 g/mol. The molecule has 4 aromatic heterocycles. The maximum absolute atomic E-state index is 12.1. The van der Waals surface area contributed by atoms with Crippen molar-refractivity contribution in [1.29, 1.82) is 5.26 Å². The Balaban J connectivity index is 0.000000266. The number of anilines is 3. The molecule has 0 bridgehead atoms. The number of rotatable bonds is 13. The number of amides is 1. The first-order valence-corrected chi connectivity index (χ1v) is 23.4. The third-order valence-electron chi connectivity index (χ3n) is 9.21. The van der Waals surface area contributed by atoms with Crippen molar-refractivity contribution in [2.75, 3.05) is 31.3 Å². The number of ether oxygens (including phenoxy) is 2. The van der Waals surface area contributed by atoms with Crippen LogP contribution in [-0.2, 0) is 6.61 Å². The van der Waals surface area contributed by atoms with Crippen molar-refractivity contribution in [2.45, 2.75) is 64.9 Å². The minimum Gasteiger partial charge on any atom is -0.492 e.